The van der Waals surface area contributed by atoms with Gasteiger partial charge in [-0.15, -0.1) is 0 Å². The van der Waals surface area contributed by atoms with Crippen molar-refractivity contribution in [3.05, 3.63) is 98.6 Å². The minimum atomic E-state index is -0.930. The fraction of sp³-hybridized carbons (Fsp3) is 0.259. The van der Waals surface area contributed by atoms with Gasteiger partial charge in [0.1, 0.15) is 0 Å². The van der Waals surface area contributed by atoms with E-state index in [9.17, 15) is 9.59 Å². The standard InChI is InChI=1S/C27H22INO4/c1-32-26(33-2)27-19-9-5-3-7-17(19)21(18-8-4-6-10-20(18)27)22-23(27)25(31)29(24(22)30)16-13-11-15(28)12-14-16/h3-14,21-23,26H,1-2H3/t21?,22-,23-,27?/m0/s1. The Morgan fingerprint density at radius 2 is 1.36 bits per heavy atom. The topological polar surface area (TPSA) is 55.8 Å². The highest BCUT2D eigenvalue weighted by Crippen LogP contribution is 2.65. The van der Waals surface area contributed by atoms with Crippen molar-refractivity contribution in [2.24, 2.45) is 11.8 Å². The molecule has 1 saturated heterocycles. The summed E-state index contributed by atoms with van der Waals surface area (Å²) in [6.45, 7) is 0. The summed E-state index contributed by atoms with van der Waals surface area (Å²) in [7, 11) is 3.20. The molecule has 0 aromatic heterocycles. The van der Waals surface area contributed by atoms with Gasteiger partial charge in [-0.2, -0.15) is 0 Å². The lowest BCUT2D eigenvalue weighted by molar-refractivity contribution is -0.168. The molecule has 2 atom stereocenters. The predicted octanol–water partition coefficient (Wildman–Crippen LogP) is 4.46. The van der Waals surface area contributed by atoms with Gasteiger partial charge >= 0.3 is 0 Å². The van der Waals surface area contributed by atoms with Crippen molar-refractivity contribution < 1.29 is 19.1 Å². The average Bonchev–Trinajstić information content (AvgIpc) is 3.12. The molecule has 5 nitrogen and oxygen atoms in total. The maximum Gasteiger partial charge on any atom is 0.239 e. The predicted molar refractivity (Wildman–Crippen MR) is 132 cm³/mol. The minimum Gasteiger partial charge on any atom is -0.355 e. The second kappa shape index (κ2) is 7.48. The van der Waals surface area contributed by atoms with E-state index in [-0.39, 0.29) is 17.7 Å². The van der Waals surface area contributed by atoms with Crippen LogP contribution in [0.4, 0.5) is 5.69 Å². The van der Waals surface area contributed by atoms with E-state index in [1.54, 1.807) is 14.2 Å². The zero-order valence-corrected chi connectivity index (χ0v) is 20.4. The Labute approximate surface area is 205 Å². The summed E-state index contributed by atoms with van der Waals surface area (Å²) in [6.07, 6.45) is -0.734. The van der Waals surface area contributed by atoms with E-state index >= 15 is 0 Å². The summed E-state index contributed by atoms with van der Waals surface area (Å²) in [5.41, 5.74) is 3.84. The molecular weight excluding hydrogens is 529 g/mol. The molecule has 2 bridgehead atoms. The third-order valence-electron chi connectivity index (χ3n) is 7.57. The first-order valence-electron chi connectivity index (χ1n) is 10.9. The molecule has 0 unspecified atom stereocenters. The number of methoxy groups -OCH3 is 2. The zero-order chi connectivity index (χ0) is 22.9. The van der Waals surface area contributed by atoms with Crippen LogP contribution in [0, 0.1) is 15.4 Å². The number of anilines is 1. The molecule has 1 heterocycles. The van der Waals surface area contributed by atoms with Crippen molar-refractivity contribution in [2.75, 3.05) is 19.1 Å². The number of amides is 2. The molecule has 1 aliphatic heterocycles. The molecule has 2 amide bonds. The summed E-state index contributed by atoms with van der Waals surface area (Å²) < 4.78 is 12.9. The monoisotopic (exact) mass is 551 g/mol. The van der Waals surface area contributed by atoms with Crippen LogP contribution in [-0.4, -0.2) is 32.3 Å². The number of ether oxygens (including phenoxy) is 2. The first kappa shape index (κ1) is 21.0. The fourth-order valence-electron chi connectivity index (χ4n) is 6.54. The number of rotatable bonds is 4. The maximum atomic E-state index is 14.2. The number of hydrogen-bond donors (Lipinski definition) is 0. The van der Waals surface area contributed by atoms with E-state index in [1.165, 1.54) is 4.90 Å². The minimum absolute atomic E-state index is 0.157. The molecule has 6 heteroatoms. The molecule has 3 aromatic rings. The summed E-state index contributed by atoms with van der Waals surface area (Å²) in [4.78, 5) is 29.6. The van der Waals surface area contributed by atoms with E-state index in [1.807, 2.05) is 48.5 Å². The molecule has 33 heavy (non-hydrogen) atoms. The van der Waals surface area contributed by atoms with Gasteiger partial charge in [0.2, 0.25) is 11.8 Å². The van der Waals surface area contributed by atoms with Gasteiger partial charge < -0.3 is 9.47 Å². The third-order valence-corrected chi connectivity index (χ3v) is 8.29. The van der Waals surface area contributed by atoms with Gasteiger partial charge in [0.15, 0.2) is 6.29 Å². The second-order valence-corrected chi connectivity index (χ2v) is 10.1. The number of imide groups is 1. The number of nitrogens with zero attached hydrogens (tertiary/aromatic N) is 1. The molecule has 0 radical (unpaired) electrons. The van der Waals surface area contributed by atoms with Gasteiger partial charge in [0.25, 0.3) is 0 Å². The molecule has 0 spiro atoms. The first-order chi connectivity index (χ1) is 16.1. The quantitative estimate of drug-likeness (QED) is 0.273. The van der Waals surface area contributed by atoms with Crippen molar-refractivity contribution in [2.45, 2.75) is 17.6 Å². The van der Waals surface area contributed by atoms with Crippen molar-refractivity contribution in [1.29, 1.82) is 0 Å². The van der Waals surface area contributed by atoms with Crippen LogP contribution in [-0.2, 0) is 24.5 Å². The van der Waals surface area contributed by atoms with Crippen LogP contribution in [0.3, 0.4) is 0 Å². The number of benzene rings is 3. The van der Waals surface area contributed by atoms with Gasteiger partial charge in [-0.25, -0.2) is 4.90 Å². The van der Waals surface area contributed by atoms with Crippen LogP contribution >= 0.6 is 22.6 Å². The van der Waals surface area contributed by atoms with Crippen LogP contribution in [0.1, 0.15) is 28.2 Å². The molecule has 166 valence electrons. The lowest BCUT2D eigenvalue weighted by Gasteiger charge is -2.56. The van der Waals surface area contributed by atoms with E-state index in [0.29, 0.717) is 5.69 Å². The summed E-state index contributed by atoms with van der Waals surface area (Å²) in [5, 5.41) is 0. The second-order valence-electron chi connectivity index (χ2n) is 8.82. The number of carbonyl (C=O) groups excluding carboxylic acids is 2. The Morgan fingerprint density at radius 1 is 0.818 bits per heavy atom. The van der Waals surface area contributed by atoms with Crippen molar-refractivity contribution in [3.63, 3.8) is 0 Å². The van der Waals surface area contributed by atoms with Crippen molar-refractivity contribution in [3.8, 4) is 0 Å². The number of hydrogen-bond acceptors (Lipinski definition) is 4. The smallest absolute Gasteiger partial charge is 0.239 e. The molecule has 3 aromatic carbocycles. The van der Waals surface area contributed by atoms with Crippen LogP contribution < -0.4 is 4.90 Å². The fourth-order valence-corrected chi connectivity index (χ4v) is 6.90. The lowest BCUT2D eigenvalue weighted by atomic mass is 9.47. The summed E-state index contributed by atoms with van der Waals surface area (Å²) >= 11 is 2.22. The Balaban J connectivity index is 1.67. The van der Waals surface area contributed by atoms with E-state index in [0.717, 1.165) is 25.8 Å². The number of carbonyl (C=O) groups is 2. The number of halogens is 1. The third kappa shape index (κ3) is 2.54. The normalized spacial score (nSPS) is 27.0. The van der Waals surface area contributed by atoms with Crippen LogP contribution in [0.15, 0.2) is 72.8 Å². The molecule has 1 fully saturated rings. The van der Waals surface area contributed by atoms with Crippen LogP contribution in [0.5, 0.6) is 0 Å². The molecule has 4 aliphatic rings. The largest absolute Gasteiger partial charge is 0.355 e. The van der Waals surface area contributed by atoms with Gasteiger partial charge in [-0.3, -0.25) is 9.59 Å². The lowest BCUT2D eigenvalue weighted by Crippen LogP contribution is -2.60. The van der Waals surface area contributed by atoms with E-state index in [2.05, 4.69) is 46.9 Å². The van der Waals surface area contributed by atoms with Gasteiger partial charge in [0, 0.05) is 23.7 Å². The maximum absolute atomic E-state index is 14.2. The Kier molecular flexibility index (Phi) is 4.76. The van der Waals surface area contributed by atoms with Gasteiger partial charge in [-0.1, -0.05) is 48.5 Å². The Morgan fingerprint density at radius 3 is 1.91 bits per heavy atom. The van der Waals surface area contributed by atoms with Gasteiger partial charge in [-0.05, 0) is 69.1 Å². The molecule has 3 aliphatic carbocycles. The SMILES string of the molecule is COC(OC)C12c3ccccc3C(c3ccccc31)[C@@H]1C(=O)N(c3ccc(I)cc3)C(=O)[C@H]12. The molecular formula is C27H22INO4. The Bertz CT molecular complexity index is 1240. The highest BCUT2D eigenvalue weighted by molar-refractivity contribution is 14.1. The molecule has 0 N–H and O–H groups in total. The Hall–Kier alpha value is -2.55. The van der Waals surface area contributed by atoms with Crippen molar-refractivity contribution >= 4 is 40.1 Å². The van der Waals surface area contributed by atoms with E-state index < -0.39 is 23.5 Å². The van der Waals surface area contributed by atoms with E-state index in [4.69, 9.17) is 9.47 Å². The zero-order valence-electron chi connectivity index (χ0n) is 18.2. The van der Waals surface area contributed by atoms with Crippen LogP contribution in [0.25, 0.3) is 0 Å². The highest BCUT2D eigenvalue weighted by Gasteiger charge is 2.71. The first-order valence-corrected chi connectivity index (χ1v) is 12.0. The van der Waals surface area contributed by atoms with Crippen LogP contribution in [0.2, 0.25) is 0 Å². The average molecular weight is 551 g/mol. The summed E-state index contributed by atoms with van der Waals surface area (Å²) in [6, 6.07) is 23.8. The highest BCUT2D eigenvalue weighted by atomic mass is 127. The van der Waals surface area contributed by atoms with Crippen molar-refractivity contribution in [1.82, 2.24) is 0 Å². The molecule has 7 rings (SSSR count). The van der Waals surface area contributed by atoms with Gasteiger partial charge in [0.05, 0.1) is 22.9 Å². The molecule has 0 saturated carbocycles. The summed E-state index contributed by atoms with van der Waals surface area (Å²) in [5.74, 6) is -1.68.